The molecule has 0 radical (unpaired) electrons. The molecule has 3 amide bonds. The highest BCUT2D eigenvalue weighted by atomic mass is 35.5. The Balaban J connectivity index is 1.34. The Kier molecular flexibility index (Phi) is 6.90. The van der Waals surface area contributed by atoms with Crippen LogP contribution < -0.4 is 10.6 Å². The number of benzene rings is 2. The molecule has 1 spiro atoms. The molecule has 2 bridgehead atoms. The highest BCUT2D eigenvalue weighted by molar-refractivity contribution is 6.35. The van der Waals surface area contributed by atoms with Crippen molar-refractivity contribution in [2.75, 3.05) is 5.32 Å². The van der Waals surface area contributed by atoms with Crippen LogP contribution in [-0.2, 0) is 25.7 Å². The smallest absolute Gasteiger partial charge is 0.246 e. The first kappa shape index (κ1) is 26.3. The summed E-state index contributed by atoms with van der Waals surface area (Å²) in [7, 11) is 0. The predicted molar refractivity (Wildman–Crippen MR) is 145 cm³/mol. The van der Waals surface area contributed by atoms with Gasteiger partial charge in [0.1, 0.15) is 17.5 Å². The van der Waals surface area contributed by atoms with Gasteiger partial charge < -0.3 is 20.3 Å². The molecule has 3 heterocycles. The molecule has 5 atom stereocenters. The molecule has 0 aromatic heterocycles. The Labute approximate surface area is 235 Å². The van der Waals surface area contributed by atoms with E-state index in [0.29, 0.717) is 15.7 Å². The van der Waals surface area contributed by atoms with E-state index in [9.17, 15) is 18.8 Å². The number of rotatable bonds is 6. The molecule has 5 unspecified atom stereocenters. The fourth-order valence-electron chi connectivity index (χ4n) is 6.63. The molecule has 3 aliphatic heterocycles. The fourth-order valence-corrected chi connectivity index (χ4v) is 7.15. The predicted octanol–water partition coefficient (Wildman–Crippen LogP) is 4.87. The molecule has 10 heteroatoms. The van der Waals surface area contributed by atoms with Gasteiger partial charge in [0.2, 0.25) is 17.7 Å². The molecule has 7 nitrogen and oxygen atoms in total. The number of fused-ring (bicyclic) bond motifs is 1. The Morgan fingerprint density at radius 3 is 2.49 bits per heavy atom. The zero-order valence-electron chi connectivity index (χ0n) is 21.0. The van der Waals surface area contributed by atoms with Gasteiger partial charge in [-0.25, -0.2) is 4.39 Å². The van der Waals surface area contributed by atoms with Crippen LogP contribution in [0.1, 0.15) is 37.7 Å². The third-order valence-corrected chi connectivity index (χ3v) is 8.74. The highest BCUT2D eigenvalue weighted by Crippen LogP contribution is 2.55. The van der Waals surface area contributed by atoms with Crippen molar-refractivity contribution in [1.82, 2.24) is 10.2 Å². The van der Waals surface area contributed by atoms with Crippen LogP contribution in [0.15, 0.2) is 54.6 Å². The highest BCUT2D eigenvalue weighted by Gasteiger charge is 2.72. The minimum atomic E-state index is -1.33. The third kappa shape index (κ3) is 4.62. The van der Waals surface area contributed by atoms with Crippen LogP contribution in [0.2, 0.25) is 10.0 Å². The van der Waals surface area contributed by atoms with Crippen molar-refractivity contribution < 1.29 is 23.5 Å². The number of hydrogen-bond acceptors (Lipinski definition) is 4. The minimum absolute atomic E-state index is 0.00127. The van der Waals surface area contributed by atoms with Crippen LogP contribution in [0.25, 0.3) is 0 Å². The first-order valence-electron chi connectivity index (χ1n) is 13.3. The van der Waals surface area contributed by atoms with Crippen molar-refractivity contribution in [3.05, 3.63) is 76.0 Å². The quantitative estimate of drug-likeness (QED) is 0.484. The van der Waals surface area contributed by atoms with Gasteiger partial charge >= 0.3 is 0 Å². The second-order valence-electron chi connectivity index (χ2n) is 10.7. The lowest BCUT2D eigenvalue weighted by atomic mass is 9.74. The summed E-state index contributed by atoms with van der Waals surface area (Å²) in [6.45, 7) is -0.118. The normalized spacial score (nSPS) is 29.5. The Hall–Kier alpha value is -2.94. The summed E-state index contributed by atoms with van der Waals surface area (Å²) in [5.41, 5.74) is -0.663. The van der Waals surface area contributed by atoms with E-state index < -0.39 is 47.2 Å². The molecule has 1 saturated carbocycles. The summed E-state index contributed by atoms with van der Waals surface area (Å²) in [4.78, 5) is 42.9. The molecule has 2 N–H and O–H groups in total. The summed E-state index contributed by atoms with van der Waals surface area (Å²) in [5.74, 6) is -3.52. The monoisotopic (exact) mass is 571 g/mol. The van der Waals surface area contributed by atoms with E-state index in [1.807, 2.05) is 0 Å². The number of hydrogen-bond donors (Lipinski definition) is 2. The minimum Gasteiger partial charge on any atom is -0.359 e. The van der Waals surface area contributed by atoms with Crippen molar-refractivity contribution in [2.24, 2.45) is 11.8 Å². The topological polar surface area (TPSA) is 87.7 Å². The molecule has 1 aliphatic carbocycles. The number of nitrogens with one attached hydrogen (secondary N) is 2. The van der Waals surface area contributed by atoms with Crippen LogP contribution in [0.3, 0.4) is 0 Å². The van der Waals surface area contributed by atoms with Crippen LogP contribution in [0.4, 0.5) is 10.1 Å². The first-order valence-corrected chi connectivity index (χ1v) is 14.0. The number of halogens is 3. The Morgan fingerprint density at radius 1 is 1.05 bits per heavy atom. The molecule has 3 fully saturated rings. The molecule has 39 heavy (non-hydrogen) atoms. The second kappa shape index (κ2) is 10.2. The molecule has 2 saturated heterocycles. The standard InChI is InChI=1S/C29H28Cl2FN3O4/c30-17-12-18(31)14-20(13-17)34-26(36)23-22-10-11-29(39-22)24(23)28(38)35(15-16-6-4-5-9-21(16)32)25(29)27(37)33-19-7-2-1-3-8-19/h4-6,9-14,19,22-25H,1-3,7-8,15H2,(H,33,37)(H,34,36). The summed E-state index contributed by atoms with van der Waals surface area (Å²) in [6, 6.07) is 9.79. The molecule has 6 rings (SSSR count). The van der Waals surface area contributed by atoms with Crippen molar-refractivity contribution in [3.8, 4) is 0 Å². The van der Waals surface area contributed by atoms with E-state index in [4.69, 9.17) is 27.9 Å². The van der Waals surface area contributed by atoms with Gasteiger partial charge in [0.05, 0.1) is 17.9 Å². The summed E-state index contributed by atoms with van der Waals surface area (Å²) in [6.07, 6.45) is 7.70. The lowest BCUT2D eigenvalue weighted by Gasteiger charge is -2.34. The summed E-state index contributed by atoms with van der Waals surface area (Å²) >= 11 is 12.2. The van der Waals surface area contributed by atoms with Gasteiger partial charge in [0.15, 0.2) is 0 Å². The molecular weight excluding hydrogens is 544 g/mol. The largest absolute Gasteiger partial charge is 0.359 e. The van der Waals surface area contributed by atoms with Gasteiger partial charge in [-0.1, -0.05) is 72.8 Å². The maximum Gasteiger partial charge on any atom is 0.246 e. The summed E-state index contributed by atoms with van der Waals surface area (Å²) in [5, 5.41) is 6.64. The van der Waals surface area contributed by atoms with Gasteiger partial charge in [0, 0.05) is 33.9 Å². The Bertz CT molecular complexity index is 1340. The zero-order valence-corrected chi connectivity index (χ0v) is 22.6. The van der Waals surface area contributed by atoms with Gasteiger partial charge in [-0.3, -0.25) is 14.4 Å². The van der Waals surface area contributed by atoms with E-state index in [0.717, 1.165) is 32.1 Å². The molecule has 2 aromatic carbocycles. The number of likely N-dealkylation sites (tertiary alicyclic amines) is 1. The maximum atomic E-state index is 14.7. The number of nitrogens with zero attached hydrogens (tertiary/aromatic N) is 1. The van der Waals surface area contributed by atoms with Gasteiger partial charge in [-0.15, -0.1) is 0 Å². The maximum absolute atomic E-state index is 14.7. The number of amides is 3. The third-order valence-electron chi connectivity index (χ3n) is 8.31. The number of ether oxygens (including phenoxy) is 1. The van der Waals surface area contributed by atoms with Gasteiger partial charge in [0.25, 0.3) is 0 Å². The average Bonchev–Trinajstić information content (AvgIpc) is 3.53. The van der Waals surface area contributed by atoms with E-state index in [1.165, 1.54) is 11.0 Å². The van der Waals surface area contributed by atoms with Crippen LogP contribution >= 0.6 is 23.2 Å². The zero-order chi connectivity index (χ0) is 27.3. The van der Waals surface area contributed by atoms with E-state index in [1.54, 1.807) is 48.6 Å². The summed E-state index contributed by atoms with van der Waals surface area (Å²) < 4.78 is 21.0. The van der Waals surface area contributed by atoms with Crippen LogP contribution in [-0.4, -0.2) is 46.4 Å². The van der Waals surface area contributed by atoms with E-state index >= 15 is 0 Å². The van der Waals surface area contributed by atoms with Gasteiger partial charge in [-0.2, -0.15) is 0 Å². The molecule has 4 aliphatic rings. The van der Waals surface area contributed by atoms with Crippen LogP contribution in [0, 0.1) is 17.7 Å². The second-order valence-corrected chi connectivity index (χ2v) is 11.6. The SMILES string of the molecule is O=C(Nc1cc(Cl)cc(Cl)c1)C1C2C=CC3(O2)C1C(=O)N(Cc1ccccc1F)C3C(=O)NC1CCCCC1. The van der Waals surface area contributed by atoms with Crippen molar-refractivity contribution >= 4 is 46.6 Å². The number of anilines is 1. The molecule has 204 valence electrons. The van der Waals surface area contributed by atoms with Crippen molar-refractivity contribution in [2.45, 2.75) is 62.4 Å². The lowest BCUT2D eigenvalue weighted by Crippen LogP contribution is -2.56. The molecule has 2 aromatic rings. The van der Waals surface area contributed by atoms with Crippen molar-refractivity contribution in [3.63, 3.8) is 0 Å². The van der Waals surface area contributed by atoms with E-state index in [-0.39, 0.29) is 24.1 Å². The average molecular weight is 572 g/mol. The Morgan fingerprint density at radius 2 is 1.77 bits per heavy atom. The van der Waals surface area contributed by atoms with Crippen LogP contribution in [0.5, 0.6) is 0 Å². The van der Waals surface area contributed by atoms with Gasteiger partial charge in [-0.05, 0) is 37.1 Å². The van der Waals surface area contributed by atoms with Crippen molar-refractivity contribution in [1.29, 1.82) is 0 Å². The molecular formula is C29H28Cl2FN3O4. The first-order chi connectivity index (χ1) is 18.8. The number of carbonyl (C=O) groups excluding carboxylic acids is 3. The van der Waals surface area contributed by atoms with E-state index in [2.05, 4.69) is 10.6 Å². The lowest BCUT2D eigenvalue weighted by molar-refractivity contribution is -0.142. The fraction of sp³-hybridized carbons (Fsp3) is 0.414. The number of carbonyl (C=O) groups is 3.